The normalized spacial score (nSPS) is 19.5. The molecule has 4 rings (SSSR count). The van der Waals surface area contributed by atoms with Crippen LogP contribution in [0.15, 0.2) is 17.2 Å². The maximum atomic E-state index is 12.3. The van der Waals surface area contributed by atoms with Crippen LogP contribution in [0, 0.1) is 0 Å². The van der Waals surface area contributed by atoms with E-state index < -0.39 is 0 Å². The Hall–Kier alpha value is -1.58. The van der Waals surface area contributed by atoms with Gasteiger partial charge in [0.25, 0.3) is 5.56 Å². The predicted octanol–water partition coefficient (Wildman–Crippen LogP) is 1.87. The average Bonchev–Trinajstić information content (AvgIpc) is 3.11. The minimum atomic E-state index is 0.104. The van der Waals surface area contributed by atoms with E-state index >= 15 is 0 Å². The first-order valence-corrected chi connectivity index (χ1v) is 6.44. The van der Waals surface area contributed by atoms with Crippen molar-refractivity contribution in [2.75, 3.05) is 0 Å². The lowest BCUT2D eigenvalue weighted by atomic mass is 10.1. The van der Waals surface area contributed by atoms with Crippen LogP contribution >= 0.6 is 0 Å². The Morgan fingerprint density at radius 3 is 2.94 bits per heavy atom. The van der Waals surface area contributed by atoms with Gasteiger partial charge in [0.1, 0.15) is 0 Å². The molecule has 1 saturated carbocycles. The van der Waals surface area contributed by atoms with Gasteiger partial charge in [-0.1, -0.05) is 0 Å². The summed E-state index contributed by atoms with van der Waals surface area (Å²) in [7, 11) is 0. The van der Waals surface area contributed by atoms with Crippen molar-refractivity contribution in [1.82, 2.24) is 14.3 Å². The van der Waals surface area contributed by atoms with Crippen LogP contribution < -0.4 is 5.56 Å². The Labute approximate surface area is 98.9 Å². The van der Waals surface area contributed by atoms with Gasteiger partial charge in [0.15, 0.2) is 0 Å². The van der Waals surface area contributed by atoms with Crippen LogP contribution in [-0.2, 0) is 13.0 Å². The van der Waals surface area contributed by atoms with Crippen molar-refractivity contribution >= 4 is 10.8 Å². The van der Waals surface area contributed by atoms with E-state index in [2.05, 4.69) is 9.67 Å². The highest BCUT2D eigenvalue weighted by Crippen LogP contribution is 2.33. The monoisotopic (exact) mass is 229 g/mol. The summed E-state index contributed by atoms with van der Waals surface area (Å²) in [5.74, 6) is 0. The molecule has 2 aliphatic rings. The van der Waals surface area contributed by atoms with E-state index in [1.165, 1.54) is 18.5 Å². The van der Waals surface area contributed by atoms with E-state index in [1.54, 1.807) is 4.68 Å². The SMILES string of the molecule is O=c1c2cn3c(c2cnn1C1CC1)CCCC3. The molecular weight excluding hydrogens is 214 g/mol. The van der Waals surface area contributed by atoms with Gasteiger partial charge in [-0.15, -0.1) is 0 Å². The zero-order valence-electron chi connectivity index (χ0n) is 9.72. The van der Waals surface area contributed by atoms with E-state index in [0.29, 0.717) is 6.04 Å². The Morgan fingerprint density at radius 2 is 2.12 bits per heavy atom. The van der Waals surface area contributed by atoms with Gasteiger partial charge >= 0.3 is 0 Å². The van der Waals surface area contributed by atoms with Gasteiger partial charge in [-0.05, 0) is 32.1 Å². The second kappa shape index (κ2) is 3.22. The van der Waals surface area contributed by atoms with Crippen LogP contribution in [0.5, 0.6) is 0 Å². The number of nitrogens with zero attached hydrogens (tertiary/aromatic N) is 3. The predicted molar refractivity (Wildman–Crippen MR) is 65.2 cm³/mol. The molecule has 2 aromatic heterocycles. The topological polar surface area (TPSA) is 39.8 Å². The molecule has 0 saturated heterocycles. The van der Waals surface area contributed by atoms with Crippen molar-refractivity contribution in [1.29, 1.82) is 0 Å². The van der Waals surface area contributed by atoms with E-state index in [1.807, 2.05) is 12.4 Å². The molecule has 0 atom stereocenters. The molecule has 88 valence electrons. The summed E-state index contributed by atoms with van der Waals surface area (Å²) in [5, 5.41) is 6.28. The largest absolute Gasteiger partial charge is 0.350 e. The van der Waals surface area contributed by atoms with Crippen molar-refractivity contribution in [3.63, 3.8) is 0 Å². The number of hydrogen-bond donors (Lipinski definition) is 0. The average molecular weight is 229 g/mol. The van der Waals surface area contributed by atoms with Gasteiger partial charge in [0, 0.05) is 23.8 Å². The fourth-order valence-electron chi connectivity index (χ4n) is 2.86. The molecule has 4 heteroatoms. The first-order valence-electron chi connectivity index (χ1n) is 6.44. The minimum Gasteiger partial charge on any atom is -0.350 e. The third kappa shape index (κ3) is 1.30. The van der Waals surface area contributed by atoms with Crippen molar-refractivity contribution in [3.05, 3.63) is 28.4 Å². The molecule has 4 nitrogen and oxygen atoms in total. The highest BCUT2D eigenvalue weighted by Gasteiger charge is 2.27. The van der Waals surface area contributed by atoms with Crippen LogP contribution in [0.25, 0.3) is 10.8 Å². The third-order valence-corrected chi connectivity index (χ3v) is 3.94. The second-order valence-corrected chi connectivity index (χ2v) is 5.18. The van der Waals surface area contributed by atoms with Gasteiger partial charge in [0.2, 0.25) is 0 Å². The molecule has 1 aliphatic heterocycles. The molecule has 0 N–H and O–H groups in total. The standard InChI is InChI=1S/C13H15N3O/c17-13-11-8-15-6-2-1-3-12(15)10(11)7-14-16(13)9-4-5-9/h7-9H,1-6H2. The minimum absolute atomic E-state index is 0.104. The van der Waals surface area contributed by atoms with Crippen LogP contribution in [-0.4, -0.2) is 14.3 Å². The lowest BCUT2D eigenvalue weighted by molar-refractivity contribution is 0.536. The van der Waals surface area contributed by atoms with Gasteiger partial charge in [-0.25, -0.2) is 4.68 Å². The summed E-state index contributed by atoms with van der Waals surface area (Å²) >= 11 is 0. The van der Waals surface area contributed by atoms with Crippen LogP contribution in [0.4, 0.5) is 0 Å². The Morgan fingerprint density at radius 1 is 1.24 bits per heavy atom. The number of hydrogen-bond acceptors (Lipinski definition) is 2. The summed E-state index contributed by atoms with van der Waals surface area (Å²) < 4.78 is 3.92. The zero-order valence-corrected chi connectivity index (χ0v) is 9.72. The first-order chi connectivity index (χ1) is 8.34. The quantitative estimate of drug-likeness (QED) is 0.749. The maximum absolute atomic E-state index is 12.3. The number of rotatable bonds is 1. The van der Waals surface area contributed by atoms with E-state index in [9.17, 15) is 4.79 Å². The fourth-order valence-corrected chi connectivity index (χ4v) is 2.86. The highest BCUT2D eigenvalue weighted by molar-refractivity contribution is 5.84. The summed E-state index contributed by atoms with van der Waals surface area (Å²) in [6.07, 6.45) is 9.66. The second-order valence-electron chi connectivity index (χ2n) is 5.18. The van der Waals surface area contributed by atoms with E-state index in [0.717, 1.165) is 36.6 Å². The van der Waals surface area contributed by atoms with E-state index in [4.69, 9.17) is 0 Å². The van der Waals surface area contributed by atoms with Crippen molar-refractivity contribution in [3.8, 4) is 0 Å². The van der Waals surface area contributed by atoms with Crippen molar-refractivity contribution in [2.45, 2.75) is 44.7 Å². The molecule has 17 heavy (non-hydrogen) atoms. The lowest BCUT2D eigenvalue weighted by Crippen LogP contribution is -2.21. The number of aryl methyl sites for hydroxylation is 2. The molecule has 3 heterocycles. The van der Waals surface area contributed by atoms with Crippen molar-refractivity contribution < 1.29 is 0 Å². The molecule has 1 fully saturated rings. The lowest BCUT2D eigenvalue weighted by Gasteiger charge is -2.14. The molecule has 2 aromatic rings. The number of aromatic nitrogens is 3. The summed E-state index contributed by atoms with van der Waals surface area (Å²) in [4.78, 5) is 12.3. The molecule has 1 aliphatic carbocycles. The van der Waals surface area contributed by atoms with Crippen LogP contribution in [0.1, 0.15) is 37.4 Å². The van der Waals surface area contributed by atoms with Crippen LogP contribution in [0.3, 0.4) is 0 Å². The fraction of sp³-hybridized carbons (Fsp3) is 0.538. The Bertz CT molecular complexity index is 648. The van der Waals surface area contributed by atoms with Gasteiger partial charge in [-0.2, -0.15) is 5.10 Å². The Balaban J connectivity index is 2.01. The van der Waals surface area contributed by atoms with E-state index in [-0.39, 0.29) is 5.56 Å². The molecule has 0 bridgehead atoms. The summed E-state index contributed by atoms with van der Waals surface area (Å²) in [6, 6.07) is 0.365. The molecule has 0 spiro atoms. The third-order valence-electron chi connectivity index (χ3n) is 3.94. The van der Waals surface area contributed by atoms with Crippen molar-refractivity contribution in [2.24, 2.45) is 0 Å². The summed E-state index contributed by atoms with van der Waals surface area (Å²) in [6.45, 7) is 1.05. The smallest absolute Gasteiger partial charge is 0.276 e. The Kier molecular flexibility index (Phi) is 1.79. The van der Waals surface area contributed by atoms with Gasteiger partial charge < -0.3 is 4.57 Å². The first kappa shape index (κ1) is 9.45. The molecule has 0 amide bonds. The van der Waals surface area contributed by atoms with Gasteiger partial charge in [-0.3, -0.25) is 4.79 Å². The summed E-state index contributed by atoms with van der Waals surface area (Å²) in [5.41, 5.74) is 1.41. The molecule has 0 unspecified atom stereocenters. The number of fused-ring (bicyclic) bond motifs is 3. The maximum Gasteiger partial charge on any atom is 0.276 e. The van der Waals surface area contributed by atoms with Gasteiger partial charge in [0.05, 0.1) is 17.6 Å². The highest BCUT2D eigenvalue weighted by atomic mass is 16.1. The molecule has 0 radical (unpaired) electrons. The molecular formula is C13H15N3O. The van der Waals surface area contributed by atoms with Crippen LogP contribution in [0.2, 0.25) is 0 Å². The molecule has 0 aromatic carbocycles. The zero-order chi connectivity index (χ0) is 11.4.